The van der Waals surface area contributed by atoms with Gasteiger partial charge in [0.25, 0.3) is 5.91 Å². The zero-order chi connectivity index (χ0) is 16.4. The van der Waals surface area contributed by atoms with E-state index in [4.69, 9.17) is 0 Å². The maximum atomic E-state index is 13.7. The van der Waals surface area contributed by atoms with Gasteiger partial charge in [-0.3, -0.25) is 9.69 Å². The second-order valence-electron chi connectivity index (χ2n) is 5.38. The van der Waals surface area contributed by atoms with Crippen LogP contribution in [-0.2, 0) is 11.3 Å². The second kappa shape index (κ2) is 6.04. The van der Waals surface area contributed by atoms with E-state index < -0.39 is 17.8 Å². The lowest BCUT2D eigenvalue weighted by Crippen LogP contribution is -2.30. The van der Waals surface area contributed by atoms with E-state index in [0.717, 1.165) is 16.0 Å². The minimum Gasteiger partial charge on any atom is -0.303 e. The highest BCUT2D eigenvalue weighted by molar-refractivity contribution is 6.13. The van der Waals surface area contributed by atoms with Crippen molar-refractivity contribution in [2.75, 3.05) is 0 Å². The summed E-state index contributed by atoms with van der Waals surface area (Å²) in [6.07, 6.45) is 1.61. The highest BCUT2D eigenvalue weighted by Crippen LogP contribution is 2.18. The molecule has 0 radical (unpaired) electrons. The predicted molar refractivity (Wildman–Crippen MR) is 84.6 cm³/mol. The molecule has 3 amide bonds. The van der Waals surface area contributed by atoms with E-state index in [2.05, 4.69) is 5.32 Å². The number of aryl methyl sites for hydroxylation is 1. The predicted octanol–water partition coefficient (Wildman–Crippen LogP) is 3.23. The normalized spacial score (nSPS) is 16.1. The van der Waals surface area contributed by atoms with Crippen LogP contribution in [0.5, 0.6) is 0 Å². The summed E-state index contributed by atoms with van der Waals surface area (Å²) in [7, 11) is 0. The molecule has 23 heavy (non-hydrogen) atoms. The molecule has 0 spiro atoms. The Labute approximate surface area is 133 Å². The molecule has 4 nitrogen and oxygen atoms in total. The average Bonchev–Trinajstić information content (AvgIpc) is 2.79. The average molecular weight is 310 g/mol. The van der Waals surface area contributed by atoms with Gasteiger partial charge in [-0.2, -0.15) is 0 Å². The van der Waals surface area contributed by atoms with E-state index in [1.807, 2.05) is 31.2 Å². The molecule has 0 saturated carbocycles. The lowest BCUT2D eigenvalue weighted by atomic mass is 10.1. The molecule has 1 N–H and O–H groups in total. The van der Waals surface area contributed by atoms with E-state index in [-0.39, 0.29) is 12.2 Å². The number of urea groups is 1. The molecule has 116 valence electrons. The van der Waals surface area contributed by atoms with Crippen molar-refractivity contribution in [1.29, 1.82) is 0 Å². The fourth-order valence-corrected chi connectivity index (χ4v) is 2.34. The van der Waals surface area contributed by atoms with Crippen molar-refractivity contribution in [2.24, 2.45) is 0 Å². The third-order valence-corrected chi connectivity index (χ3v) is 3.64. The molecule has 3 rings (SSSR count). The maximum absolute atomic E-state index is 13.7. The van der Waals surface area contributed by atoms with Crippen molar-refractivity contribution in [3.8, 4) is 0 Å². The smallest absolute Gasteiger partial charge is 0.303 e. The third kappa shape index (κ3) is 3.13. The number of nitrogens with zero attached hydrogens (tertiary/aromatic N) is 1. The summed E-state index contributed by atoms with van der Waals surface area (Å²) in [5, 5.41) is 2.53. The van der Waals surface area contributed by atoms with Gasteiger partial charge in [0.1, 0.15) is 11.5 Å². The lowest BCUT2D eigenvalue weighted by molar-refractivity contribution is -0.123. The number of carbonyl (C=O) groups is 2. The number of halogens is 1. The van der Waals surface area contributed by atoms with Gasteiger partial charge in [0, 0.05) is 5.56 Å². The first-order chi connectivity index (χ1) is 11.0. The molecule has 1 aliphatic rings. The topological polar surface area (TPSA) is 49.4 Å². The van der Waals surface area contributed by atoms with E-state index in [1.165, 1.54) is 6.07 Å². The highest BCUT2D eigenvalue weighted by Gasteiger charge is 2.33. The number of carbonyl (C=O) groups excluding carboxylic acids is 2. The Balaban J connectivity index is 1.82. The largest absolute Gasteiger partial charge is 0.329 e. The summed E-state index contributed by atoms with van der Waals surface area (Å²) < 4.78 is 13.7. The van der Waals surface area contributed by atoms with Crippen molar-refractivity contribution in [3.05, 3.63) is 76.7 Å². The zero-order valence-corrected chi connectivity index (χ0v) is 12.5. The molecule has 0 bridgehead atoms. The Kier molecular flexibility index (Phi) is 3.93. The van der Waals surface area contributed by atoms with Gasteiger partial charge in [0.05, 0.1) is 6.54 Å². The van der Waals surface area contributed by atoms with E-state index in [0.29, 0.717) is 5.56 Å². The maximum Gasteiger partial charge on any atom is 0.329 e. The molecule has 0 aliphatic carbocycles. The van der Waals surface area contributed by atoms with Crippen LogP contribution in [0.25, 0.3) is 6.08 Å². The summed E-state index contributed by atoms with van der Waals surface area (Å²) in [4.78, 5) is 25.3. The Morgan fingerprint density at radius 2 is 1.78 bits per heavy atom. The molecular weight excluding hydrogens is 295 g/mol. The van der Waals surface area contributed by atoms with Crippen molar-refractivity contribution in [1.82, 2.24) is 10.2 Å². The van der Waals surface area contributed by atoms with E-state index >= 15 is 0 Å². The number of benzene rings is 2. The van der Waals surface area contributed by atoms with Crippen LogP contribution in [0.2, 0.25) is 0 Å². The molecule has 5 heteroatoms. The van der Waals surface area contributed by atoms with Gasteiger partial charge in [0.2, 0.25) is 0 Å². The number of nitrogens with one attached hydrogen (secondary N) is 1. The fourth-order valence-electron chi connectivity index (χ4n) is 2.34. The Morgan fingerprint density at radius 1 is 1.09 bits per heavy atom. The number of rotatable bonds is 3. The van der Waals surface area contributed by atoms with Crippen LogP contribution in [0.1, 0.15) is 16.7 Å². The summed E-state index contributed by atoms with van der Waals surface area (Å²) in [6, 6.07) is 13.1. The van der Waals surface area contributed by atoms with Crippen LogP contribution in [0.4, 0.5) is 9.18 Å². The first-order valence-corrected chi connectivity index (χ1v) is 7.19. The summed E-state index contributed by atoms with van der Waals surface area (Å²) in [6.45, 7) is 1.87. The van der Waals surface area contributed by atoms with Crippen LogP contribution in [0, 0.1) is 12.7 Å². The summed E-state index contributed by atoms with van der Waals surface area (Å²) in [5.41, 5.74) is 2.41. The first-order valence-electron chi connectivity index (χ1n) is 7.19. The van der Waals surface area contributed by atoms with Crippen LogP contribution in [0.15, 0.2) is 54.2 Å². The number of hydrogen-bond donors (Lipinski definition) is 1. The van der Waals surface area contributed by atoms with Crippen molar-refractivity contribution < 1.29 is 14.0 Å². The zero-order valence-electron chi connectivity index (χ0n) is 12.5. The molecule has 1 fully saturated rings. The molecule has 1 heterocycles. The summed E-state index contributed by atoms with van der Waals surface area (Å²) >= 11 is 0. The van der Waals surface area contributed by atoms with Gasteiger partial charge < -0.3 is 5.32 Å². The van der Waals surface area contributed by atoms with Gasteiger partial charge in [-0.15, -0.1) is 0 Å². The van der Waals surface area contributed by atoms with Crippen LogP contribution in [0.3, 0.4) is 0 Å². The molecule has 0 aromatic heterocycles. The number of hydrogen-bond acceptors (Lipinski definition) is 2. The Morgan fingerprint density at radius 3 is 2.48 bits per heavy atom. The van der Waals surface area contributed by atoms with Crippen LogP contribution >= 0.6 is 0 Å². The van der Waals surface area contributed by atoms with Crippen molar-refractivity contribution >= 4 is 18.0 Å². The molecule has 1 saturated heterocycles. The third-order valence-electron chi connectivity index (χ3n) is 3.64. The quantitative estimate of drug-likeness (QED) is 0.699. The molecule has 0 unspecified atom stereocenters. The molecular formula is C18H15FN2O2. The molecule has 1 aliphatic heterocycles. The van der Waals surface area contributed by atoms with Gasteiger partial charge in [-0.1, -0.05) is 48.0 Å². The SMILES string of the molecule is Cc1ccc(C=C2NC(=O)N(Cc3ccccc3F)C2=O)cc1. The number of amides is 3. The van der Waals surface area contributed by atoms with Crippen LogP contribution < -0.4 is 5.32 Å². The monoisotopic (exact) mass is 310 g/mol. The molecule has 2 aromatic rings. The summed E-state index contributed by atoms with van der Waals surface area (Å²) in [5.74, 6) is -0.900. The minimum absolute atomic E-state index is 0.0947. The Bertz CT molecular complexity index is 797. The van der Waals surface area contributed by atoms with Gasteiger partial charge >= 0.3 is 6.03 Å². The van der Waals surface area contributed by atoms with E-state index in [1.54, 1.807) is 24.3 Å². The van der Waals surface area contributed by atoms with Gasteiger partial charge in [-0.25, -0.2) is 9.18 Å². The minimum atomic E-state index is -0.545. The van der Waals surface area contributed by atoms with E-state index in [9.17, 15) is 14.0 Å². The van der Waals surface area contributed by atoms with Crippen molar-refractivity contribution in [2.45, 2.75) is 13.5 Å². The second-order valence-corrected chi connectivity index (χ2v) is 5.38. The van der Waals surface area contributed by atoms with Gasteiger partial charge in [0.15, 0.2) is 0 Å². The van der Waals surface area contributed by atoms with Crippen LogP contribution in [-0.4, -0.2) is 16.8 Å². The Hall–Kier alpha value is -2.95. The standard InChI is InChI=1S/C18H15FN2O2/c1-12-6-8-13(9-7-12)10-16-17(22)21(18(23)20-16)11-14-4-2-3-5-15(14)19/h2-10H,11H2,1H3,(H,20,23). The molecule has 0 atom stereocenters. The first kappa shape index (κ1) is 15.0. The molecule has 2 aromatic carbocycles. The number of imide groups is 1. The van der Waals surface area contributed by atoms with Crippen molar-refractivity contribution in [3.63, 3.8) is 0 Å². The fraction of sp³-hybridized carbons (Fsp3) is 0.111. The van der Waals surface area contributed by atoms with Gasteiger partial charge in [-0.05, 0) is 24.6 Å². The lowest BCUT2D eigenvalue weighted by Gasteiger charge is -2.12. The highest BCUT2D eigenvalue weighted by atomic mass is 19.1.